The van der Waals surface area contributed by atoms with Crippen LogP contribution in [0.25, 0.3) is 10.1 Å². The zero-order valence-corrected chi connectivity index (χ0v) is 42.8. The van der Waals surface area contributed by atoms with Crippen molar-refractivity contribution in [3.05, 3.63) is 70.6 Å². The van der Waals surface area contributed by atoms with Gasteiger partial charge in [0.25, 0.3) is 5.91 Å². The first kappa shape index (κ1) is 53.7. The summed E-state index contributed by atoms with van der Waals surface area (Å²) in [5.74, 6) is -0.176. The Hall–Kier alpha value is -3.65. The second kappa shape index (κ2) is 25.0. The summed E-state index contributed by atoms with van der Waals surface area (Å²) in [5.41, 5.74) is -3.69. The molecule has 3 aliphatic rings. The van der Waals surface area contributed by atoms with Gasteiger partial charge in [-0.3, -0.25) is 28.5 Å². The van der Waals surface area contributed by atoms with Crippen molar-refractivity contribution in [3.63, 3.8) is 0 Å². The molecule has 5 atom stereocenters. The Morgan fingerprint density at radius 2 is 1.50 bits per heavy atom. The van der Waals surface area contributed by atoms with Gasteiger partial charge in [0.15, 0.2) is 10.2 Å². The van der Waals surface area contributed by atoms with Crippen LogP contribution in [0.5, 0.6) is 0 Å². The molecule has 2 aromatic carbocycles. The average Bonchev–Trinajstić information content (AvgIpc) is 4.05. The molecule has 1 aromatic heterocycles. The van der Waals surface area contributed by atoms with Crippen molar-refractivity contribution in [2.24, 2.45) is 17.8 Å². The minimum Gasteiger partial charge on any atom is -0.340 e. The molecule has 370 valence electrons. The van der Waals surface area contributed by atoms with Crippen molar-refractivity contribution in [2.45, 2.75) is 134 Å². The average molecular weight is 1020 g/mol. The minimum atomic E-state index is -5.14. The molecule has 6 rings (SSSR count). The zero-order valence-electron chi connectivity index (χ0n) is 39.5. The first-order valence-electron chi connectivity index (χ1n) is 24.0. The van der Waals surface area contributed by atoms with Gasteiger partial charge in [-0.2, -0.15) is 14.0 Å². The zero-order chi connectivity index (χ0) is 49.0. The molecule has 0 unspecified atom stereocenters. The van der Waals surface area contributed by atoms with Crippen LogP contribution in [0.4, 0.5) is 8.78 Å². The van der Waals surface area contributed by atoms with Crippen LogP contribution >= 0.6 is 42.5 Å². The highest BCUT2D eigenvalue weighted by molar-refractivity contribution is 8.13. The molecule has 0 radical (unpaired) electrons. The molecule has 18 heteroatoms. The molecule has 0 bridgehead atoms. The lowest BCUT2D eigenvalue weighted by molar-refractivity contribution is -0.146. The topological polar surface area (TPSA) is 163 Å². The van der Waals surface area contributed by atoms with Crippen LogP contribution in [0.3, 0.4) is 0 Å². The van der Waals surface area contributed by atoms with Gasteiger partial charge < -0.3 is 24.2 Å². The molecule has 0 saturated carbocycles. The summed E-state index contributed by atoms with van der Waals surface area (Å²) < 4.78 is 58.9. The Balaban J connectivity index is 1.12. The highest BCUT2D eigenvalue weighted by atomic mass is 32.2. The third-order valence-corrected chi connectivity index (χ3v) is 17.7. The van der Waals surface area contributed by atoms with Gasteiger partial charge in [-0.05, 0) is 92.4 Å². The van der Waals surface area contributed by atoms with Crippen LogP contribution in [0.1, 0.15) is 131 Å². The van der Waals surface area contributed by atoms with Gasteiger partial charge in [-0.25, -0.2) is 0 Å². The summed E-state index contributed by atoms with van der Waals surface area (Å²) >= 11 is 3.43. The number of fused-ring (bicyclic) bond motifs is 2. The van der Waals surface area contributed by atoms with E-state index in [0.717, 1.165) is 35.8 Å². The number of amides is 3. The number of nitrogens with one attached hydrogen (secondary N) is 1. The summed E-state index contributed by atoms with van der Waals surface area (Å²) in [7, 11) is -5.14. The lowest BCUT2D eigenvalue weighted by atomic mass is 9.90. The van der Waals surface area contributed by atoms with Gasteiger partial charge in [0.1, 0.15) is 12.1 Å². The van der Waals surface area contributed by atoms with Crippen LogP contribution in [0.2, 0.25) is 0 Å². The predicted molar refractivity (Wildman–Crippen MR) is 266 cm³/mol. The normalized spacial score (nSPS) is 21.2. The van der Waals surface area contributed by atoms with Gasteiger partial charge in [-0.1, -0.05) is 100 Å². The number of benzene rings is 2. The van der Waals surface area contributed by atoms with Gasteiger partial charge in [0, 0.05) is 59.7 Å². The van der Waals surface area contributed by atoms with Crippen molar-refractivity contribution >= 4 is 80.5 Å². The molecule has 1 N–H and O–H groups in total. The second-order valence-electron chi connectivity index (χ2n) is 18.9. The highest BCUT2D eigenvalue weighted by Crippen LogP contribution is 2.67. The van der Waals surface area contributed by atoms with Gasteiger partial charge >= 0.3 is 13.3 Å². The first-order chi connectivity index (χ1) is 32.5. The molecule has 3 saturated heterocycles. The molecule has 12 nitrogen and oxygen atoms in total. The van der Waals surface area contributed by atoms with E-state index in [1.165, 1.54) is 41.7 Å². The van der Waals surface area contributed by atoms with Crippen molar-refractivity contribution in [3.8, 4) is 6.07 Å². The van der Waals surface area contributed by atoms with Crippen LogP contribution in [0.15, 0.2) is 54.6 Å². The fourth-order valence-electron chi connectivity index (χ4n) is 9.13. The number of rotatable bonds is 22. The Labute approximate surface area is 411 Å². The van der Waals surface area contributed by atoms with Crippen LogP contribution in [-0.4, -0.2) is 93.7 Å². The largest absolute Gasteiger partial charge is 0.404 e. The standard InChI is InChI=1S/C50H65F2N4O8PS3/c1-33(2)26-45(57)66-24-12-10-22-63-65(62,64-23-11-13-25-67-46(58)27-34(3)4)50(51,52)38-18-21-43-36(28-38)29-44(68-43)47(59)54-41-17-9-8-16-39-19-20-42(56(39)48(41)60)49(61)55-31-37(30-53)40(32-55)35-14-6-5-7-15-35/h5-7,14-15,18,21,28-29,33-34,37,39-42H,8-13,16-17,19-20,22-27,31-32H2,1-4H3,(H,54,59)/t37-,39-,40+,41-,42-/m0/s1. The fourth-order valence-corrected chi connectivity index (χ4v) is 13.7. The van der Waals surface area contributed by atoms with Crippen LogP contribution in [0, 0.1) is 29.1 Å². The van der Waals surface area contributed by atoms with Crippen molar-refractivity contribution < 1.29 is 46.4 Å². The summed E-state index contributed by atoms with van der Waals surface area (Å²) in [6, 6.07) is 15.5. The maximum Gasteiger partial charge on any atom is 0.404 e. The molecule has 3 amide bonds. The smallest absolute Gasteiger partial charge is 0.340 e. The Bertz CT molecular complexity index is 2290. The minimum absolute atomic E-state index is 0.0531. The first-order valence-corrected chi connectivity index (χ1v) is 28.3. The van der Waals surface area contributed by atoms with E-state index in [-0.39, 0.29) is 89.2 Å². The van der Waals surface area contributed by atoms with Crippen molar-refractivity contribution in [1.82, 2.24) is 15.1 Å². The van der Waals surface area contributed by atoms with E-state index in [0.29, 0.717) is 79.5 Å². The van der Waals surface area contributed by atoms with E-state index < -0.39 is 36.8 Å². The summed E-state index contributed by atoms with van der Waals surface area (Å²) in [4.78, 5) is 70.4. The fraction of sp³-hybridized carbons (Fsp3) is 0.600. The van der Waals surface area contributed by atoms with E-state index in [9.17, 15) is 33.8 Å². The van der Waals surface area contributed by atoms with E-state index in [2.05, 4.69) is 11.4 Å². The number of hydrogen-bond donors (Lipinski definition) is 1. The molecular formula is C50H65F2N4O8PS3. The molecule has 68 heavy (non-hydrogen) atoms. The number of carbonyl (C=O) groups is 5. The maximum atomic E-state index is 16.6. The molecular weight excluding hydrogens is 950 g/mol. The number of likely N-dealkylation sites (tertiary alicyclic amines) is 1. The van der Waals surface area contributed by atoms with Gasteiger partial charge in [0.2, 0.25) is 11.8 Å². The number of nitrogens with zero attached hydrogens (tertiary/aromatic N) is 3. The SMILES string of the molecule is CC(C)CC(=O)SCCCCOP(=O)(OCCCCSC(=O)CC(C)C)C(F)(F)c1ccc2sc(C(=O)N[C@H]3CCCC[C@H]4CC[C@@H](C(=O)N5C[C@H](c6ccccc6)[C@@H](C#N)C5)N4C3=O)cc2c1. The summed E-state index contributed by atoms with van der Waals surface area (Å²) in [6.45, 7) is 7.92. The molecule has 3 aromatic rings. The number of unbranched alkanes of at least 4 members (excludes halogenated alkanes) is 2. The monoisotopic (exact) mass is 1010 g/mol. The molecule has 3 aliphatic heterocycles. The number of alkyl halides is 2. The summed E-state index contributed by atoms with van der Waals surface area (Å²) in [5, 5.41) is 13.3. The number of carbonyl (C=O) groups excluding carboxylic acids is 5. The Morgan fingerprint density at radius 3 is 2.12 bits per heavy atom. The predicted octanol–water partition coefficient (Wildman–Crippen LogP) is 11.1. The quantitative estimate of drug-likeness (QED) is 0.0753. The lowest BCUT2D eigenvalue weighted by Crippen LogP contribution is -2.56. The van der Waals surface area contributed by atoms with Crippen LogP contribution < -0.4 is 5.32 Å². The summed E-state index contributed by atoms with van der Waals surface area (Å²) in [6.07, 6.45) is 6.15. The third kappa shape index (κ3) is 13.8. The van der Waals surface area contributed by atoms with E-state index >= 15 is 8.78 Å². The number of nitriles is 1. The number of hydrogen-bond acceptors (Lipinski definition) is 12. The number of thiophene rings is 1. The molecule has 0 spiro atoms. The number of halogens is 2. The lowest BCUT2D eigenvalue weighted by Gasteiger charge is -2.36. The van der Waals surface area contributed by atoms with E-state index in [1.807, 2.05) is 58.0 Å². The van der Waals surface area contributed by atoms with Crippen molar-refractivity contribution in [2.75, 3.05) is 37.8 Å². The third-order valence-electron chi connectivity index (χ3n) is 12.7. The Morgan fingerprint density at radius 1 is 0.868 bits per heavy atom. The Kier molecular flexibility index (Phi) is 19.7. The second-order valence-corrected chi connectivity index (χ2v) is 24.4. The van der Waals surface area contributed by atoms with Crippen LogP contribution in [-0.2, 0) is 38.5 Å². The molecule has 3 fully saturated rings. The van der Waals surface area contributed by atoms with Crippen molar-refractivity contribution in [1.29, 1.82) is 5.26 Å². The van der Waals surface area contributed by atoms with E-state index in [1.54, 1.807) is 9.80 Å². The maximum absolute atomic E-state index is 16.6. The molecule has 4 heterocycles. The van der Waals surface area contributed by atoms with Gasteiger partial charge in [-0.15, -0.1) is 11.3 Å². The van der Waals surface area contributed by atoms with E-state index in [4.69, 9.17) is 9.05 Å². The highest BCUT2D eigenvalue weighted by Gasteiger charge is 2.55. The number of thioether (sulfide) groups is 2. The molecule has 0 aliphatic carbocycles. The van der Waals surface area contributed by atoms with Gasteiger partial charge in [0.05, 0.1) is 30.1 Å².